The molecule has 1 aliphatic carbocycles. The van der Waals surface area contributed by atoms with Crippen LogP contribution in [0.25, 0.3) is 0 Å². The van der Waals surface area contributed by atoms with Crippen LogP contribution < -0.4 is 10.1 Å². The van der Waals surface area contributed by atoms with Crippen molar-refractivity contribution in [2.24, 2.45) is 5.92 Å². The highest BCUT2D eigenvalue weighted by Crippen LogP contribution is 2.30. The van der Waals surface area contributed by atoms with Gasteiger partial charge >= 0.3 is 0 Å². The second kappa shape index (κ2) is 8.18. The highest BCUT2D eigenvalue weighted by Gasteiger charge is 2.32. The van der Waals surface area contributed by atoms with E-state index in [-0.39, 0.29) is 17.9 Å². The van der Waals surface area contributed by atoms with Gasteiger partial charge in [0.25, 0.3) is 0 Å². The van der Waals surface area contributed by atoms with Crippen molar-refractivity contribution < 1.29 is 9.53 Å². The van der Waals surface area contributed by atoms with Crippen LogP contribution in [0.15, 0.2) is 18.2 Å². The maximum atomic E-state index is 12.7. The lowest BCUT2D eigenvalue weighted by Gasteiger charge is -2.28. The molecule has 2 heterocycles. The van der Waals surface area contributed by atoms with Crippen molar-refractivity contribution >= 4 is 17.5 Å². The molecule has 26 heavy (non-hydrogen) atoms. The Morgan fingerprint density at radius 2 is 1.96 bits per heavy atom. The van der Waals surface area contributed by atoms with E-state index < -0.39 is 0 Å². The van der Waals surface area contributed by atoms with Crippen LogP contribution in [-0.4, -0.2) is 42.6 Å². The summed E-state index contributed by atoms with van der Waals surface area (Å²) in [4.78, 5) is 15.4. The van der Waals surface area contributed by atoms with Gasteiger partial charge in [0.05, 0.1) is 5.92 Å². The molecule has 142 valence electrons. The van der Waals surface area contributed by atoms with Gasteiger partial charge in [-0.2, -0.15) is 0 Å². The molecular weight excluding hydrogens is 348 g/mol. The average Bonchev–Trinajstić information content (AvgIpc) is 2.93. The van der Waals surface area contributed by atoms with Gasteiger partial charge in [-0.3, -0.25) is 9.69 Å². The second-order valence-corrected chi connectivity index (χ2v) is 8.54. The summed E-state index contributed by atoms with van der Waals surface area (Å²) in [6.07, 6.45) is 9.93. The molecule has 0 aromatic heterocycles. The number of nitrogens with zero attached hydrogens (tertiary/aromatic N) is 1. The quantitative estimate of drug-likeness (QED) is 0.816. The van der Waals surface area contributed by atoms with E-state index in [1.54, 1.807) is 0 Å². The van der Waals surface area contributed by atoms with Gasteiger partial charge in [-0.25, -0.2) is 0 Å². The maximum Gasteiger partial charge on any atom is 0.227 e. The third-order valence-corrected chi connectivity index (χ3v) is 6.44. The van der Waals surface area contributed by atoms with E-state index in [9.17, 15) is 4.79 Å². The number of carbonyl (C=O) groups excluding carboxylic acids is 1. The number of hydrogen-bond acceptors (Lipinski definition) is 3. The normalized spacial score (nSPS) is 27.4. The standard InChI is InChI=1S/C21H29ClN2O2/c22-17-7-8-20-15(12-17)11-16(14-26-20)21(25)23-18-9-10-24(13-18)19-5-3-1-2-4-6-19/h7-8,12,16,18-19H,1-6,9-11,13-14H2,(H,23,25). The van der Waals surface area contributed by atoms with Crippen LogP contribution in [0.1, 0.15) is 50.5 Å². The van der Waals surface area contributed by atoms with Crippen LogP contribution >= 0.6 is 11.6 Å². The van der Waals surface area contributed by atoms with Gasteiger partial charge in [0.15, 0.2) is 0 Å². The molecule has 2 fully saturated rings. The van der Waals surface area contributed by atoms with E-state index in [0.717, 1.165) is 36.9 Å². The number of ether oxygens (including phenoxy) is 1. The summed E-state index contributed by atoms with van der Waals surface area (Å²) in [5, 5.41) is 3.98. The Hall–Kier alpha value is -1.26. The van der Waals surface area contributed by atoms with Crippen LogP contribution in [0.3, 0.4) is 0 Å². The summed E-state index contributed by atoms with van der Waals surface area (Å²) in [6, 6.07) is 6.66. The topological polar surface area (TPSA) is 41.6 Å². The molecule has 1 saturated heterocycles. The van der Waals surface area contributed by atoms with Crippen molar-refractivity contribution in [2.45, 2.75) is 63.5 Å². The fraction of sp³-hybridized carbons (Fsp3) is 0.667. The van der Waals surface area contributed by atoms with Crippen molar-refractivity contribution in [3.05, 3.63) is 28.8 Å². The number of fused-ring (bicyclic) bond motifs is 1. The molecule has 1 aromatic rings. The van der Waals surface area contributed by atoms with Crippen LogP contribution in [0.5, 0.6) is 5.75 Å². The highest BCUT2D eigenvalue weighted by atomic mass is 35.5. The number of hydrogen-bond donors (Lipinski definition) is 1. The molecule has 5 heteroatoms. The fourth-order valence-electron chi connectivity index (χ4n) is 4.71. The van der Waals surface area contributed by atoms with Crippen molar-refractivity contribution in [1.29, 1.82) is 0 Å². The van der Waals surface area contributed by atoms with E-state index >= 15 is 0 Å². The molecule has 1 amide bonds. The van der Waals surface area contributed by atoms with Gasteiger partial charge in [-0.15, -0.1) is 0 Å². The molecule has 3 aliphatic rings. The lowest BCUT2D eigenvalue weighted by molar-refractivity contribution is -0.126. The maximum absolute atomic E-state index is 12.7. The number of halogens is 1. The molecule has 1 aromatic carbocycles. The summed E-state index contributed by atoms with van der Waals surface area (Å²) in [6.45, 7) is 2.58. The number of carbonyl (C=O) groups is 1. The SMILES string of the molecule is O=C(NC1CCN(C2CCCCCC2)C1)C1COc2ccc(Cl)cc2C1. The van der Waals surface area contributed by atoms with Crippen molar-refractivity contribution in [1.82, 2.24) is 10.2 Å². The molecule has 0 bridgehead atoms. The smallest absolute Gasteiger partial charge is 0.227 e. The number of benzene rings is 1. The summed E-state index contributed by atoms with van der Waals surface area (Å²) in [5.41, 5.74) is 1.04. The summed E-state index contributed by atoms with van der Waals surface area (Å²) in [7, 11) is 0. The van der Waals surface area contributed by atoms with Crippen LogP contribution in [-0.2, 0) is 11.2 Å². The Morgan fingerprint density at radius 1 is 1.15 bits per heavy atom. The lowest BCUT2D eigenvalue weighted by atomic mass is 9.95. The van der Waals surface area contributed by atoms with Crippen LogP contribution in [0, 0.1) is 5.92 Å². The third-order valence-electron chi connectivity index (χ3n) is 6.21. The molecule has 4 nitrogen and oxygen atoms in total. The first kappa shape index (κ1) is 18.1. The second-order valence-electron chi connectivity index (χ2n) is 8.10. The molecule has 1 saturated carbocycles. The van der Waals surface area contributed by atoms with E-state index in [0.29, 0.717) is 18.1 Å². The van der Waals surface area contributed by atoms with Gasteiger partial charge in [-0.1, -0.05) is 37.3 Å². The number of likely N-dealkylation sites (tertiary alicyclic amines) is 1. The number of nitrogens with one attached hydrogen (secondary N) is 1. The zero-order chi connectivity index (χ0) is 17.9. The van der Waals surface area contributed by atoms with Crippen LogP contribution in [0.2, 0.25) is 5.02 Å². The molecule has 4 rings (SSSR count). The zero-order valence-corrected chi connectivity index (χ0v) is 16.1. The zero-order valence-electron chi connectivity index (χ0n) is 15.4. The van der Waals surface area contributed by atoms with Gasteiger partial charge in [-0.05, 0) is 49.4 Å². The third kappa shape index (κ3) is 4.17. The minimum atomic E-state index is -0.118. The summed E-state index contributed by atoms with van der Waals surface area (Å²) in [5.74, 6) is 0.870. The van der Waals surface area contributed by atoms with E-state index in [4.69, 9.17) is 16.3 Å². The predicted octanol–water partition coefficient (Wildman–Crippen LogP) is 3.80. The predicted molar refractivity (Wildman–Crippen MR) is 104 cm³/mol. The number of rotatable bonds is 3. The van der Waals surface area contributed by atoms with Crippen LogP contribution in [0.4, 0.5) is 0 Å². The molecule has 2 atom stereocenters. The van der Waals surface area contributed by atoms with Gasteiger partial charge < -0.3 is 10.1 Å². The molecule has 2 aliphatic heterocycles. The summed E-state index contributed by atoms with van der Waals surface area (Å²) < 4.78 is 5.78. The van der Waals surface area contributed by atoms with Gasteiger partial charge in [0, 0.05) is 30.2 Å². The monoisotopic (exact) mass is 376 g/mol. The average molecular weight is 377 g/mol. The van der Waals surface area contributed by atoms with Crippen molar-refractivity contribution in [3.8, 4) is 5.75 Å². The molecule has 2 unspecified atom stereocenters. The number of amides is 1. The van der Waals surface area contributed by atoms with Crippen molar-refractivity contribution in [3.63, 3.8) is 0 Å². The Balaban J connectivity index is 1.30. The van der Waals surface area contributed by atoms with E-state index in [1.807, 2.05) is 18.2 Å². The van der Waals surface area contributed by atoms with Gasteiger partial charge in [0.1, 0.15) is 12.4 Å². The first-order valence-corrected chi connectivity index (χ1v) is 10.5. The molecule has 0 radical (unpaired) electrons. The molecular formula is C21H29ClN2O2. The minimum Gasteiger partial charge on any atom is -0.492 e. The highest BCUT2D eigenvalue weighted by molar-refractivity contribution is 6.30. The van der Waals surface area contributed by atoms with Crippen molar-refractivity contribution in [2.75, 3.05) is 19.7 Å². The minimum absolute atomic E-state index is 0.118. The lowest BCUT2D eigenvalue weighted by Crippen LogP contribution is -2.44. The first-order valence-electron chi connectivity index (χ1n) is 10.1. The summed E-state index contributed by atoms with van der Waals surface area (Å²) >= 11 is 6.08. The Morgan fingerprint density at radius 3 is 2.77 bits per heavy atom. The molecule has 1 N–H and O–H groups in total. The Labute approximate surface area is 161 Å². The Kier molecular flexibility index (Phi) is 5.70. The molecule has 0 spiro atoms. The van der Waals surface area contributed by atoms with Gasteiger partial charge in [0.2, 0.25) is 5.91 Å². The van der Waals surface area contributed by atoms with E-state index in [2.05, 4.69) is 10.2 Å². The fourth-order valence-corrected chi connectivity index (χ4v) is 4.90. The largest absolute Gasteiger partial charge is 0.492 e. The van der Waals surface area contributed by atoms with E-state index in [1.165, 1.54) is 38.5 Å². The Bertz CT molecular complexity index is 643. The first-order chi connectivity index (χ1) is 12.7.